The predicted molar refractivity (Wildman–Crippen MR) is 81.5 cm³/mol. The molecule has 116 valence electrons. The Hall–Kier alpha value is -2.32. The number of aryl methyl sites for hydroxylation is 1. The first-order valence-corrected chi connectivity index (χ1v) is 7.74. The molecule has 0 saturated carbocycles. The summed E-state index contributed by atoms with van der Waals surface area (Å²) in [7, 11) is -4.22. The molecule has 0 saturated heterocycles. The molecule has 0 aliphatic carbocycles. The van der Waals surface area contributed by atoms with Crippen LogP contribution in [-0.2, 0) is 10.1 Å². The second kappa shape index (κ2) is 5.82. The number of nitrogen functional groups attached to an aromatic ring is 1. The molecular formula is C13H11ClN2O5S. The maximum atomic E-state index is 12.2. The Morgan fingerprint density at radius 2 is 1.91 bits per heavy atom. The van der Waals surface area contributed by atoms with Crippen LogP contribution >= 0.6 is 11.6 Å². The van der Waals surface area contributed by atoms with Crippen molar-refractivity contribution in [3.63, 3.8) is 0 Å². The van der Waals surface area contributed by atoms with Gasteiger partial charge in [-0.1, -0.05) is 11.6 Å². The third-order valence-electron chi connectivity index (χ3n) is 2.82. The molecule has 2 aromatic carbocycles. The molecule has 22 heavy (non-hydrogen) atoms. The Labute approximate surface area is 131 Å². The molecule has 2 N–H and O–H groups in total. The monoisotopic (exact) mass is 342 g/mol. The number of anilines is 1. The quantitative estimate of drug-likeness (QED) is 0.395. The van der Waals surface area contributed by atoms with E-state index in [0.717, 1.165) is 18.2 Å². The summed E-state index contributed by atoms with van der Waals surface area (Å²) in [5.41, 5.74) is 5.31. The minimum atomic E-state index is -4.22. The zero-order chi connectivity index (χ0) is 16.5. The van der Waals surface area contributed by atoms with Crippen molar-refractivity contribution in [2.75, 3.05) is 5.73 Å². The van der Waals surface area contributed by atoms with E-state index in [1.54, 1.807) is 6.92 Å². The highest BCUT2D eigenvalue weighted by Gasteiger charge is 2.22. The molecule has 2 aromatic rings. The Morgan fingerprint density at radius 3 is 2.50 bits per heavy atom. The van der Waals surface area contributed by atoms with Crippen LogP contribution in [0.3, 0.4) is 0 Å². The summed E-state index contributed by atoms with van der Waals surface area (Å²) < 4.78 is 29.4. The maximum absolute atomic E-state index is 12.2. The fourth-order valence-corrected chi connectivity index (χ4v) is 2.95. The van der Waals surface area contributed by atoms with Gasteiger partial charge in [0.1, 0.15) is 16.3 Å². The minimum absolute atomic E-state index is 0.0869. The van der Waals surface area contributed by atoms with Gasteiger partial charge in [-0.05, 0) is 42.8 Å². The third-order valence-corrected chi connectivity index (χ3v) is 4.29. The van der Waals surface area contributed by atoms with Crippen LogP contribution in [0.2, 0.25) is 5.02 Å². The van der Waals surface area contributed by atoms with Crippen molar-refractivity contribution in [1.82, 2.24) is 0 Å². The third kappa shape index (κ3) is 3.29. The average molecular weight is 343 g/mol. The Kier molecular flexibility index (Phi) is 4.25. The summed E-state index contributed by atoms with van der Waals surface area (Å²) >= 11 is 5.78. The fourth-order valence-electron chi connectivity index (χ4n) is 1.71. The van der Waals surface area contributed by atoms with E-state index in [-0.39, 0.29) is 16.3 Å². The van der Waals surface area contributed by atoms with Crippen LogP contribution in [0.4, 0.5) is 11.4 Å². The van der Waals surface area contributed by atoms with E-state index in [0.29, 0.717) is 10.6 Å². The van der Waals surface area contributed by atoms with Crippen molar-refractivity contribution in [2.24, 2.45) is 0 Å². The number of nitrogens with zero attached hydrogens (tertiary/aromatic N) is 1. The molecule has 0 fully saturated rings. The summed E-state index contributed by atoms with van der Waals surface area (Å²) in [6.07, 6.45) is 0. The van der Waals surface area contributed by atoms with E-state index in [2.05, 4.69) is 0 Å². The van der Waals surface area contributed by atoms with E-state index in [4.69, 9.17) is 21.5 Å². The number of hydrogen-bond donors (Lipinski definition) is 1. The van der Waals surface area contributed by atoms with Gasteiger partial charge in [0.05, 0.1) is 4.92 Å². The molecular weight excluding hydrogens is 332 g/mol. The van der Waals surface area contributed by atoms with E-state index < -0.39 is 20.7 Å². The van der Waals surface area contributed by atoms with Crippen LogP contribution in [0.5, 0.6) is 5.75 Å². The molecule has 0 aromatic heterocycles. The zero-order valence-corrected chi connectivity index (χ0v) is 12.9. The van der Waals surface area contributed by atoms with Crippen LogP contribution in [0.1, 0.15) is 5.56 Å². The first kappa shape index (κ1) is 16.1. The summed E-state index contributed by atoms with van der Waals surface area (Å²) in [4.78, 5) is 9.71. The van der Waals surface area contributed by atoms with Crippen molar-refractivity contribution in [3.8, 4) is 5.75 Å². The van der Waals surface area contributed by atoms with Gasteiger partial charge in [0.2, 0.25) is 0 Å². The van der Waals surface area contributed by atoms with Gasteiger partial charge in [0.15, 0.2) is 0 Å². The molecule has 0 unspecified atom stereocenters. The van der Waals surface area contributed by atoms with Crippen LogP contribution in [0.15, 0.2) is 41.3 Å². The number of halogens is 1. The van der Waals surface area contributed by atoms with Gasteiger partial charge >= 0.3 is 10.1 Å². The number of nitrogens with two attached hydrogens (primary N) is 1. The van der Waals surface area contributed by atoms with Crippen LogP contribution < -0.4 is 9.92 Å². The van der Waals surface area contributed by atoms with Gasteiger partial charge in [-0.25, -0.2) is 0 Å². The van der Waals surface area contributed by atoms with Crippen molar-refractivity contribution in [1.29, 1.82) is 0 Å². The lowest BCUT2D eigenvalue weighted by atomic mass is 10.2. The standard InChI is InChI=1S/C13H11ClN2O5S/c1-8-6-9(14)2-5-13(8)21-22(19,20)10-3-4-11(15)12(7-10)16(17)18/h2-7H,15H2,1H3. The molecule has 0 spiro atoms. The van der Waals surface area contributed by atoms with Gasteiger partial charge in [-0.3, -0.25) is 10.1 Å². The van der Waals surface area contributed by atoms with Crippen molar-refractivity contribution >= 4 is 33.1 Å². The van der Waals surface area contributed by atoms with Crippen LogP contribution in [-0.4, -0.2) is 13.3 Å². The van der Waals surface area contributed by atoms with Crippen molar-refractivity contribution < 1.29 is 17.5 Å². The first-order chi connectivity index (χ1) is 10.2. The van der Waals surface area contributed by atoms with Gasteiger partial charge < -0.3 is 9.92 Å². The van der Waals surface area contributed by atoms with E-state index >= 15 is 0 Å². The number of hydrogen-bond acceptors (Lipinski definition) is 6. The first-order valence-electron chi connectivity index (χ1n) is 5.95. The zero-order valence-electron chi connectivity index (χ0n) is 11.3. The lowest BCUT2D eigenvalue weighted by Crippen LogP contribution is -2.11. The van der Waals surface area contributed by atoms with Gasteiger partial charge in [-0.2, -0.15) is 8.42 Å². The maximum Gasteiger partial charge on any atom is 0.339 e. The fraction of sp³-hybridized carbons (Fsp3) is 0.0769. The highest BCUT2D eigenvalue weighted by molar-refractivity contribution is 7.87. The molecule has 0 atom stereocenters. The number of nitro groups is 1. The minimum Gasteiger partial charge on any atom is -0.393 e. The summed E-state index contributed by atoms with van der Waals surface area (Å²) in [6, 6.07) is 7.56. The second-order valence-corrected chi connectivity index (χ2v) is 6.41. The normalized spacial score (nSPS) is 11.2. The number of rotatable bonds is 4. The molecule has 2 rings (SSSR count). The Bertz CT molecular complexity index is 852. The van der Waals surface area contributed by atoms with E-state index in [9.17, 15) is 18.5 Å². The molecule has 7 nitrogen and oxygen atoms in total. The highest BCUT2D eigenvalue weighted by atomic mass is 35.5. The predicted octanol–water partition coefficient (Wildman–Crippen LogP) is 2.91. The molecule has 0 radical (unpaired) electrons. The number of benzene rings is 2. The lowest BCUT2D eigenvalue weighted by molar-refractivity contribution is -0.384. The molecule has 0 amide bonds. The smallest absolute Gasteiger partial charge is 0.339 e. The van der Waals surface area contributed by atoms with Crippen molar-refractivity contribution in [2.45, 2.75) is 11.8 Å². The van der Waals surface area contributed by atoms with Crippen molar-refractivity contribution in [3.05, 3.63) is 57.1 Å². The molecule has 0 aliphatic heterocycles. The SMILES string of the molecule is Cc1cc(Cl)ccc1OS(=O)(=O)c1ccc(N)c([N+](=O)[O-])c1. The molecule has 9 heteroatoms. The van der Waals surface area contributed by atoms with Crippen LogP contribution in [0, 0.1) is 17.0 Å². The molecule has 0 heterocycles. The van der Waals surface area contributed by atoms with E-state index in [1.165, 1.54) is 18.2 Å². The van der Waals surface area contributed by atoms with Crippen LogP contribution in [0.25, 0.3) is 0 Å². The summed E-state index contributed by atoms with van der Waals surface area (Å²) in [5.74, 6) is 0.0869. The van der Waals surface area contributed by atoms with E-state index in [1.807, 2.05) is 0 Å². The average Bonchev–Trinajstić information content (AvgIpc) is 2.42. The Balaban J connectivity index is 2.42. The summed E-state index contributed by atoms with van der Waals surface area (Å²) in [6.45, 7) is 1.63. The largest absolute Gasteiger partial charge is 0.393 e. The lowest BCUT2D eigenvalue weighted by Gasteiger charge is -2.10. The molecule has 0 bridgehead atoms. The number of nitro benzene ring substituents is 1. The molecule has 0 aliphatic rings. The summed E-state index contributed by atoms with van der Waals surface area (Å²) in [5, 5.41) is 11.3. The second-order valence-electron chi connectivity index (χ2n) is 4.43. The highest BCUT2D eigenvalue weighted by Crippen LogP contribution is 2.28. The van der Waals surface area contributed by atoms with Gasteiger partial charge in [0.25, 0.3) is 5.69 Å². The topological polar surface area (TPSA) is 113 Å². The Morgan fingerprint density at radius 1 is 1.23 bits per heavy atom. The van der Waals surface area contributed by atoms with Gasteiger partial charge in [0, 0.05) is 11.1 Å². The van der Waals surface area contributed by atoms with Gasteiger partial charge in [-0.15, -0.1) is 0 Å².